The smallest absolute Gasteiger partial charge is 0.119 e. The Balaban J connectivity index is 2.19. The first-order valence-corrected chi connectivity index (χ1v) is 5.82. The molecule has 0 heterocycles. The highest BCUT2D eigenvalue weighted by Crippen LogP contribution is 2.16. The Kier molecular flexibility index (Phi) is 5.96. The van der Waals surface area contributed by atoms with Crippen LogP contribution in [0.3, 0.4) is 0 Å². The van der Waals surface area contributed by atoms with E-state index in [1.165, 1.54) is 0 Å². The zero-order valence-electron chi connectivity index (χ0n) is 9.33. The Morgan fingerprint density at radius 3 is 2.50 bits per heavy atom. The minimum Gasteiger partial charge on any atom is -0.497 e. The lowest BCUT2D eigenvalue weighted by molar-refractivity contribution is 0.315. The van der Waals surface area contributed by atoms with Crippen molar-refractivity contribution in [2.75, 3.05) is 26.8 Å². The fraction of sp³-hybridized carbons (Fsp3) is 0.333. The van der Waals surface area contributed by atoms with Gasteiger partial charge in [-0.2, -0.15) is 0 Å². The molecule has 0 amide bonds. The lowest BCUT2D eigenvalue weighted by atomic mass is 10.3. The molecule has 3 nitrogen and oxygen atoms in total. The van der Waals surface area contributed by atoms with Gasteiger partial charge in [0.1, 0.15) is 18.1 Å². The predicted octanol–water partition coefficient (Wildman–Crippen LogP) is 2.57. The van der Waals surface area contributed by atoms with Crippen LogP contribution in [-0.2, 0) is 0 Å². The Morgan fingerprint density at radius 2 is 1.94 bits per heavy atom. The molecule has 4 heteroatoms. The molecule has 0 saturated heterocycles. The van der Waals surface area contributed by atoms with Gasteiger partial charge in [-0.3, -0.25) is 0 Å². The average Bonchev–Trinajstić information content (AvgIpc) is 2.29. The van der Waals surface area contributed by atoms with Crippen molar-refractivity contribution in [1.29, 1.82) is 0 Å². The van der Waals surface area contributed by atoms with Crippen molar-refractivity contribution in [3.05, 3.63) is 35.3 Å². The molecule has 0 aliphatic carbocycles. The summed E-state index contributed by atoms with van der Waals surface area (Å²) in [5, 5.41) is 3.18. The predicted molar refractivity (Wildman–Crippen MR) is 69.4 cm³/mol. The van der Waals surface area contributed by atoms with Gasteiger partial charge in [0, 0.05) is 17.6 Å². The van der Waals surface area contributed by atoms with E-state index in [1.54, 1.807) is 7.11 Å². The minimum absolute atomic E-state index is 0.632. The van der Waals surface area contributed by atoms with Crippen molar-refractivity contribution in [3.63, 3.8) is 0 Å². The second-order valence-electron chi connectivity index (χ2n) is 3.22. The van der Waals surface area contributed by atoms with Crippen molar-refractivity contribution in [2.24, 2.45) is 0 Å². The van der Waals surface area contributed by atoms with Crippen molar-refractivity contribution in [3.8, 4) is 11.5 Å². The maximum atomic E-state index is 5.52. The van der Waals surface area contributed by atoms with Crippen molar-refractivity contribution >= 4 is 15.9 Å². The van der Waals surface area contributed by atoms with Crippen molar-refractivity contribution in [2.45, 2.75) is 0 Å². The Bertz CT molecular complexity index is 324. The summed E-state index contributed by atoms with van der Waals surface area (Å²) in [6.07, 6.45) is 0. The zero-order chi connectivity index (χ0) is 11.8. The van der Waals surface area contributed by atoms with Gasteiger partial charge in [0.05, 0.1) is 7.11 Å². The maximum Gasteiger partial charge on any atom is 0.119 e. The third kappa shape index (κ3) is 5.19. The van der Waals surface area contributed by atoms with Gasteiger partial charge >= 0.3 is 0 Å². The largest absolute Gasteiger partial charge is 0.497 e. The van der Waals surface area contributed by atoms with E-state index in [4.69, 9.17) is 9.47 Å². The van der Waals surface area contributed by atoms with E-state index in [0.717, 1.165) is 29.1 Å². The molecule has 0 aromatic heterocycles. The van der Waals surface area contributed by atoms with Crippen LogP contribution in [0.15, 0.2) is 35.3 Å². The highest BCUT2D eigenvalue weighted by Gasteiger charge is 1.95. The van der Waals surface area contributed by atoms with E-state index in [2.05, 4.69) is 27.8 Å². The molecule has 0 aliphatic heterocycles. The molecule has 1 aromatic rings. The van der Waals surface area contributed by atoms with Crippen LogP contribution in [0.25, 0.3) is 0 Å². The normalized spacial score (nSPS) is 9.88. The molecule has 1 aromatic carbocycles. The molecule has 88 valence electrons. The molecular weight excluding hydrogens is 270 g/mol. The topological polar surface area (TPSA) is 30.5 Å². The summed E-state index contributed by atoms with van der Waals surface area (Å²) >= 11 is 3.28. The van der Waals surface area contributed by atoms with E-state index in [9.17, 15) is 0 Å². The number of nitrogens with one attached hydrogen (secondary N) is 1. The van der Waals surface area contributed by atoms with Crippen LogP contribution in [0.5, 0.6) is 11.5 Å². The standard InChI is InChI=1S/C12H16BrNO2/c1-10(13)9-14-7-8-16-12-5-3-11(15-2)4-6-12/h3-6,14H,1,7-9H2,2H3. The highest BCUT2D eigenvalue weighted by atomic mass is 79.9. The molecule has 0 fully saturated rings. The summed E-state index contributed by atoms with van der Waals surface area (Å²) in [6, 6.07) is 7.54. The molecule has 0 spiro atoms. The Hall–Kier alpha value is -1.00. The monoisotopic (exact) mass is 285 g/mol. The summed E-state index contributed by atoms with van der Waals surface area (Å²) in [7, 11) is 1.65. The van der Waals surface area contributed by atoms with Gasteiger partial charge in [-0.25, -0.2) is 0 Å². The molecule has 0 radical (unpaired) electrons. The quantitative estimate of drug-likeness (QED) is 0.781. The van der Waals surface area contributed by atoms with Crippen LogP contribution in [0.2, 0.25) is 0 Å². The number of methoxy groups -OCH3 is 1. The third-order valence-electron chi connectivity index (χ3n) is 1.92. The number of rotatable bonds is 7. The van der Waals surface area contributed by atoms with Crippen LogP contribution in [0, 0.1) is 0 Å². The van der Waals surface area contributed by atoms with Crippen LogP contribution in [0.4, 0.5) is 0 Å². The van der Waals surface area contributed by atoms with Gasteiger partial charge in [0.2, 0.25) is 0 Å². The molecule has 0 aliphatic rings. The van der Waals surface area contributed by atoms with Crippen LogP contribution in [0.1, 0.15) is 0 Å². The number of ether oxygens (including phenoxy) is 2. The highest BCUT2D eigenvalue weighted by molar-refractivity contribution is 9.11. The number of benzene rings is 1. The Morgan fingerprint density at radius 1 is 1.31 bits per heavy atom. The number of hydrogen-bond acceptors (Lipinski definition) is 3. The molecule has 0 saturated carbocycles. The van der Waals surface area contributed by atoms with Gasteiger partial charge < -0.3 is 14.8 Å². The van der Waals surface area contributed by atoms with E-state index in [1.807, 2.05) is 24.3 Å². The summed E-state index contributed by atoms with van der Waals surface area (Å²) < 4.78 is 11.5. The molecule has 1 N–H and O–H groups in total. The first-order chi connectivity index (χ1) is 7.72. The van der Waals surface area contributed by atoms with E-state index in [-0.39, 0.29) is 0 Å². The molecule has 0 atom stereocenters. The third-order valence-corrected chi connectivity index (χ3v) is 2.20. The summed E-state index contributed by atoms with van der Waals surface area (Å²) in [4.78, 5) is 0. The van der Waals surface area contributed by atoms with Crippen molar-refractivity contribution in [1.82, 2.24) is 5.32 Å². The van der Waals surface area contributed by atoms with E-state index < -0.39 is 0 Å². The number of hydrogen-bond donors (Lipinski definition) is 1. The van der Waals surface area contributed by atoms with Crippen molar-refractivity contribution < 1.29 is 9.47 Å². The molecular formula is C12H16BrNO2. The van der Waals surface area contributed by atoms with E-state index in [0.29, 0.717) is 6.61 Å². The van der Waals surface area contributed by atoms with Gasteiger partial charge in [-0.05, 0) is 24.3 Å². The second kappa shape index (κ2) is 7.30. The van der Waals surface area contributed by atoms with Gasteiger partial charge in [-0.15, -0.1) is 0 Å². The minimum atomic E-state index is 0.632. The zero-order valence-corrected chi connectivity index (χ0v) is 10.9. The first-order valence-electron chi connectivity index (χ1n) is 5.03. The lowest BCUT2D eigenvalue weighted by Crippen LogP contribution is -2.21. The van der Waals surface area contributed by atoms with Gasteiger partial charge in [-0.1, -0.05) is 22.5 Å². The van der Waals surface area contributed by atoms with Crippen LogP contribution >= 0.6 is 15.9 Å². The van der Waals surface area contributed by atoms with Gasteiger partial charge in [0.15, 0.2) is 0 Å². The number of halogens is 1. The maximum absolute atomic E-state index is 5.52. The lowest BCUT2D eigenvalue weighted by Gasteiger charge is -2.07. The summed E-state index contributed by atoms with van der Waals surface area (Å²) in [6.45, 7) is 5.91. The fourth-order valence-corrected chi connectivity index (χ4v) is 1.34. The summed E-state index contributed by atoms with van der Waals surface area (Å²) in [5.41, 5.74) is 0. The van der Waals surface area contributed by atoms with Crippen LogP contribution < -0.4 is 14.8 Å². The summed E-state index contributed by atoms with van der Waals surface area (Å²) in [5.74, 6) is 1.68. The fourth-order valence-electron chi connectivity index (χ4n) is 1.14. The van der Waals surface area contributed by atoms with Gasteiger partial charge in [0.25, 0.3) is 0 Å². The average molecular weight is 286 g/mol. The molecule has 0 unspecified atom stereocenters. The Labute approximate surface area is 105 Å². The first kappa shape index (κ1) is 13.1. The molecule has 16 heavy (non-hydrogen) atoms. The van der Waals surface area contributed by atoms with E-state index >= 15 is 0 Å². The SMILES string of the molecule is C=C(Br)CNCCOc1ccc(OC)cc1. The molecule has 1 rings (SSSR count). The van der Waals surface area contributed by atoms with Crippen LogP contribution in [-0.4, -0.2) is 26.8 Å². The second-order valence-corrected chi connectivity index (χ2v) is 4.34. The molecule has 0 bridgehead atoms.